The second kappa shape index (κ2) is 7.46. The van der Waals surface area contributed by atoms with Crippen molar-refractivity contribution in [2.45, 2.75) is 85.0 Å². The maximum absolute atomic E-state index is 4.56. The molecule has 0 radical (unpaired) electrons. The lowest BCUT2D eigenvalue weighted by atomic mass is 9.70. The molecule has 24 heavy (non-hydrogen) atoms. The van der Waals surface area contributed by atoms with E-state index in [-0.39, 0.29) is 0 Å². The van der Waals surface area contributed by atoms with Gasteiger partial charge in [0.2, 0.25) is 0 Å². The van der Waals surface area contributed by atoms with Gasteiger partial charge in [-0.25, -0.2) is 0 Å². The highest BCUT2D eigenvalue weighted by Gasteiger charge is 2.29. The van der Waals surface area contributed by atoms with Gasteiger partial charge in [0, 0.05) is 0 Å². The Balaban J connectivity index is 1.58. The van der Waals surface area contributed by atoms with Gasteiger partial charge in [0.05, 0.1) is 0 Å². The van der Waals surface area contributed by atoms with E-state index in [1.807, 2.05) is 0 Å². The third-order valence-corrected chi connectivity index (χ3v) is 7.21. The first-order valence-electron chi connectivity index (χ1n) is 10.2. The van der Waals surface area contributed by atoms with Crippen LogP contribution < -0.4 is 0 Å². The molecule has 0 heterocycles. The first kappa shape index (κ1) is 17.8. The fourth-order valence-corrected chi connectivity index (χ4v) is 5.07. The molecule has 0 amide bonds. The van der Waals surface area contributed by atoms with E-state index in [4.69, 9.17) is 0 Å². The van der Waals surface area contributed by atoms with E-state index in [0.717, 1.165) is 23.7 Å². The number of benzene rings is 1. The maximum Gasteiger partial charge on any atom is -0.0161 e. The van der Waals surface area contributed by atoms with Gasteiger partial charge in [-0.05, 0) is 105 Å². The van der Waals surface area contributed by atoms with Crippen LogP contribution in [0.25, 0.3) is 0 Å². The molecule has 2 saturated carbocycles. The number of hydrogen-bond acceptors (Lipinski definition) is 0. The highest BCUT2D eigenvalue weighted by Crippen LogP contribution is 2.43. The Bertz CT molecular complexity index is 555. The molecule has 0 nitrogen and oxygen atoms in total. The fourth-order valence-electron chi connectivity index (χ4n) is 5.07. The van der Waals surface area contributed by atoms with Crippen LogP contribution in [-0.4, -0.2) is 0 Å². The topological polar surface area (TPSA) is 0 Å². The van der Waals surface area contributed by atoms with Gasteiger partial charge in [-0.2, -0.15) is 0 Å². The minimum absolute atomic E-state index is 0.776. The van der Waals surface area contributed by atoms with Crippen molar-refractivity contribution in [3.63, 3.8) is 0 Å². The fraction of sp³-hybridized carbons (Fsp3) is 0.667. The van der Waals surface area contributed by atoms with Crippen LogP contribution >= 0.6 is 0 Å². The van der Waals surface area contributed by atoms with E-state index >= 15 is 0 Å². The van der Waals surface area contributed by atoms with Gasteiger partial charge in [0.25, 0.3) is 0 Å². The summed E-state index contributed by atoms with van der Waals surface area (Å²) < 4.78 is 0. The molecule has 0 unspecified atom stereocenters. The summed E-state index contributed by atoms with van der Waals surface area (Å²) >= 11 is 0. The molecule has 0 saturated heterocycles. The van der Waals surface area contributed by atoms with E-state index in [1.165, 1.54) is 68.1 Å². The molecule has 0 aromatic heterocycles. The van der Waals surface area contributed by atoms with Crippen LogP contribution in [0.15, 0.2) is 24.3 Å². The number of allylic oxidation sites excluding steroid dienone is 1. The van der Waals surface area contributed by atoms with Crippen LogP contribution in [0.5, 0.6) is 0 Å². The SMILES string of the molecule is C=C(C1CCC(C)CC1)C1CCC(c2cc(C)c(C)c(C)c2)CC1. The van der Waals surface area contributed by atoms with Crippen LogP contribution in [0.1, 0.15) is 86.5 Å². The maximum atomic E-state index is 4.56. The lowest BCUT2D eigenvalue weighted by Gasteiger charge is -2.36. The van der Waals surface area contributed by atoms with Crippen molar-refractivity contribution in [2.24, 2.45) is 17.8 Å². The van der Waals surface area contributed by atoms with Gasteiger partial charge in [-0.15, -0.1) is 0 Å². The van der Waals surface area contributed by atoms with Gasteiger partial charge in [-0.1, -0.05) is 44.1 Å². The lowest BCUT2D eigenvalue weighted by Crippen LogP contribution is -2.22. The Morgan fingerprint density at radius 3 is 1.75 bits per heavy atom. The first-order valence-corrected chi connectivity index (χ1v) is 10.2. The van der Waals surface area contributed by atoms with Gasteiger partial charge in [-0.3, -0.25) is 0 Å². The van der Waals surface area contributed by atoms with Crippen molar-refractivity contribution in [1.29, 1.82) is 0 Å². The molecule has 132 valence electrons. The molecular formula is C24H36. The third-order valence-electron chi connectivity index (χ3n) is 7.21. The smallest absolute Gasteiger partial charge is 0.0161 e. The molecule has 0 atom stereocenters. The zero-order chi connectivity index (χ0) is 17.3. The van der Waals surface area contributed by atoms with Crippen molar-refractivity contribution in [3.8, 4) is 0 Å². The van der Waals surface area contributed by atoms with Crippen LogP contribution in [0.4, 0.5) is 0 Å². The average Bonchev–Trinajstić information content (AvgIpc) is 2.59. The standard InChI is InChI=1S/C24H36/c1-16-6-8-21(9-7-16)20(5)22-10-12-23(13-11-22)24-14-17(2)19(4)18(3)15-24/h14-16,21-23H,5-13H2,1-4H3. The molecule has 2 aliphatic carbocycles. The number of hydrogen-bond donors (Lipinski definition) is 0. The van der Waals surface area contributed by atoms with Gasteiger partial charge in [0.1, 0.15) is 0 Å². The molecule has 0 bridgehead atoms. The normalized spacial score (nSPS) is 31.0. The molecule has 0 heteroatoms. The molecule has 2 aliphatic rings. The molecule has 1 aromatic rings. The predicted molar refractivity (Wildman–Crippen MR) is 106 cm³/mol. The Morgan fingerprint density at radius 2 is 1.25 bits per heavy atom. The van der Waals surface area contributed by atoms with Gasteiger partial charge >= 0.3 is 0 Å². The van der Waals surface area contributed by atoms with Crippen molar-refractivity contribution >= 4 is 0 Å². The molecule has 0 N–H and O–H groups in total. The van der Waals surface area contributed by atoms with Crippen molar-refractivity contribution in [2.75, 3.05) is 0 Å². The van der Waals surface area contributed by atoms with Crippen LogP contribution in [-0.2, 0) is 0 Å². The summed E-state index contributed by atoms with van der Waals surface area (Å²) in [6.45, 7) is 13.8. The third kappa shape index (κ3) is 3.79. The Morgan fingerprint density at radius 1 is 0.792 bits per heavy atom. The van der Waals surface area contributed by atoms with E-state index < -0.39 is 0 Å². The molecule has 2 fully saturated rings. The van der Waals surface area contributed by atoms with Gasteiger partial charge in [0.15, 0.2) is 0 Å². The first-order chi connectivity index (χ1) is 11.5. The summed E-state index contributed by atoms with van der Waals surface area (Å²) in [7, 11) is 0. The molecule has 0 aliphatic heterocycles. The van der Waals surface area contributed by atoms with E-state index in [2.05, 4.69) is 46.4 Å². The largest absolute Gasteiger partial charge is 0.0993 e. The minimum atomic E-state index is 0.776. The summed E-state index contributed by atoms with van der Waals surface area (Å²) in [4.78, 5) is 0. The summed E-state index contributed by atoms with van der Waals surface area (Å²) in [5.74, 6) is 3.34. The van der Waals surface area contributed by atoms with E-state index in [0.29, 0.717) is 0 Å². The van der Waals surface area contributed by atoms with Crippen molar-refractivity contribution in [1.82, 2.24) is 0 Å². The summed E-state index contributed by atoms with van der Waals surface area (Å²) in [6.07, 6.45) is 11.1. The minimum Gasteiger partial charge on any atom is -0.0993 e. The quantitative estimate of drug-likeness (QED) is 0.513. The predicted octanol–water partition coefficient (Wildman–Crippen LogP) is 7.27. The zero-order valence-corrected chi connectivity index (χ0v) is 16.3. The highest BCUT2D eigenvalue weighted by atomic mass is 14.3. The Hall–Kier alpha value is -1.04. The second-order valence-electron chi connectivity index (χ2n) is 8.86. The lowest BCUT2D eigenvalue weighted by molar-refractivity contribution is 0.278. The average molecular weight is 325 g/mol. The molecule has 1 aromatic carbocycles. The van der Waals surface area contributed by atoms with Crippen molar-refractivity contribution in [3.05, 3.63) is 46.5 Å². The molecule has 3 rings (SSSR count). The van der Waals surface area contributed by atoms with Crippen molar-refractivity contribution < 1.29 is 0 Å². The zero-order valence-electron chi connectivity index (χ0n) is 16.3. The van der Waals surface area contributed by atoms with Crippen LogP contribution in [0, 0.1) is 38.5 Å². The number of rotatable bonds is 3. The molecule has 0 spiro atoms. The van der Waals surface area contributed by atoms with E-state index in [1.54, 1.807) is 11.1 Å². The van der Waals surface area contributed by atoms with Gasteiger partial charge < -0.3 is 0 Å². The van der Waals surface area contributed by atoms with E-state index in [9.17, 15) is 0 Å². The molecular weight excluding hydrogens is 288 g/mol. The monoisotopic (exact) mass is 324 g/mol. The van der Waals surface area contributed by atoms with Crippen LogP contribution in [0.2, 0.25) is 0 Å². The summed E-state index contributed by atoms with van der Waals surface area (Å²) in [5, 5.41) is 0. The summed E-state index contributed by atoms with van der Waals surface area (Å²) in [6, 6.07) is 4.90. The Kier molecular flexibility index (Phi) is 5.52. The number of aryl methyl sites for hydroxylation is 2. The van der Waals surface area contributed by atoms with Crippen LogP contribution in [0.3, 0.4) is 0 Å². The highest BCUT2D eigenvalue weighted by molar-refractivity contribution is 5.38. The second-order valence-corrected chi connectivity index (χ2v) is 8.86. The Labute approximate surface area is 149 Å². The summed E-state index contributed by atoms with van der Waals surface area (Å²) in [5.41, 5.74) is 7.59.